The highest BCUT2D eigenvalue weighted by atomic mass is 32.2. The van der Waals surface area contributed by atoms with Crippen LogP contribution in [0, 0.1) is 17.3 Å². The van der Waals surface area contributed by atoms with Crippen LogP contribution in [0.2, 0.25) is 0 Å². The fourth-order valence-electron chi connectivity index (χ4n) is 5.72. The number of rotatable bonds is 5. The first-order valence-electron chi connectivity index (χ1n) is 12.0. The summed E-state index contributed by atoms with van der Waals surface area (Å²) in [5.74, 6) is 1.16. The fraction of sp³-hybridized carbons (Fsp3) is 0.643. The Morgan fingerprint density at radius 1 is 1.29 bits per heavy atom. The van der Waals surface area contributed by atoms with Crippen molar-refractivity contribution in [1.29, 1.82) is 0 Å². The van der Waals surface area contributed by atoms with Gasteiger partial charge in [0.15, 0.2) is 0 Å². The van der Waals surface area contributed by atoms with Crippen molar-refractivity contribution in [1.82, 2.24) is 0 Å². The highest BCUT2D eigenvalue weighted by Gasteiger charge is 2.45. The summed E-state index contributed by atoms with van der Waals surface area (Å²) in [7, 11) is 0. The maximum absolute atomic E-state index is 10.1. The lowest BCUT2D eigenvalue weighted by Gasteiger charge is -2.42. The summed E-state index contributed by atoms with van der Waals surface area (Å²) in [6.45, 7) is 15.7. The van der Waals surface area contributed by atoms with Crippen molar-refractivity contribution in [3.8, 4) is 0 Å². The number of allylic oxidation sites excluding steroid dienone is 6. The second kappa shape index (κ2) is 9.85. The zero-order chi connectivity index (χ0) is 22.8. The predicted octanol–water partition coefficient (Wildman–Crippen LogP) is 7.12. The standard InChI is InChI=1S/C28H42O2S/c1-19(9-8-16-31-27(3,4)5)24-13-14-25-21(10-7-15-28(24,25)6)11-12-22-17-23(29)18-26(30)20(22)2/h8,11-13,16,19,23,25-26,29-30H,2,7,9-10,14-15,17-18H2,1,3-6H3/b16-8+,21-11+,22-12-/t19-,23-,25+,26+,28-/m1/s1. The number of aliphatic hydroxyl groups excluding tert-OH is 2. The van der Waals surface area contributed by atoms with E-state index in [2.05, 4.69) is 70.9 Å². The van der Waals surface area contributed by atoms with Crippen molar-refractivity contribution in [3.05, 3.63) is 58.6 Å². The molecule has 172 valence electrons. The van der Waals surface area contributed by atoms with E-state index in [-0.39, 0.29) is 10.2 Å². The second-order valence-electron chi connectivity index (χ2n) is 11.0. The minimum absolute atomic E-state index is 0.260. The third-order valence-corrected chi connectivity index (χ3v) is 8.45. The minimum Gasteiger partial charge on any atom is -0.393 e. The molecule has 0 heterocycles. The summed E-state index contributed by atoms with van der Waals surface area (Å²) in [5, 5.41) is 22.5. The van der Waals surface area contributed by atoms with Crippen LogP contribution >= 0.6 is 11.8 Å². The van der Waals surface area contributed by atoms with Gasteiger partial charge in [0.1, 0.15) is 0 Å². The molecule has 0 aromatic rings. The van der Waals surface area contributed by atoms with Crippen molar-refractivity contribution in [2.24, 2.45) is 17.3 Å². The smallest absolute Gasteiger partial charge is 0.0811 e. The van der Waals surface area contributed by atoms with E-state index < -0.39 is 12.2 Å². The Morgan fingerprint density at radius 3 is 2.74 bits per heavy atom. The van der Waals surface area contributed by atoms with Gasteiger partial charge in [-0.1, -0.05) is 76.6 Å². The molecule has 0 spiro atoms. The van der Waals surface area contributed by atoms with Crippen molar-refractivity contribution in [2.75, 3.05) is 0 Å². The Morgan fingerprint density at radius 2 is 2.03 bits per heavy atom. The van der Waals surface area contributed by atoms with E-state index in [4.69, 9.17) is 0 Å². The van der Waals surface area contributed by atoms with Crippen LogP contribution in [0.25, 0.3) is 0 Å². The van der Waals surface area contributed by atoms with Gasteiger partial charge in [0.25, 0.3) is 0 Å². The first-order valence-corrected chi connectivity index (χ1v) is 12.9. The van der Waals surface area contributed by atoms with Gasteiger partial charge in [-0.15, -0.1) is 11.8 Å². The summed E-state index contributed by atoms with van der Waals surface area (Å²) in [4.78, 5) is 0. The molecule has 5 atom stereocenters. The third kappa shape index (κ3) is 5.86. The van der Waals surface area contributed by atoms with Gasteiger partial charge in [-0.05, 0) is 72.3 Å². The van der Waals surface area contributed by atoms with Gasteiger partial charge in [0.2, 0.25) is 0 Å². The highest BCUT2D eigenvalue weighted by molar-refractivity contribution is 8.03. The number of fused-ring (bicyclic) bond motifs is 1. The van der Waals surface area contributed by atoms with Crippen LogP contribution in [0.1, 0.15) is 79.6 Å². The van der Waals surface area contributed by atoms with Gasteiger partial charge in [0.05, 0.1) is 12.2 Å². The maximum Gasteiger partial charge on any atom is 0.0811 e. The van der Waals surface area contributed by atoms with Gasteiger partial charge in [-0.3, -0.25) is 0 Å². The normalized spacial score (nSPS) is 35.6. The largest absolute Gasteiger partial charge is 0.393 e. The summed E-state index contributed by atoms with van der Waals surface area (Å²) < 4.78 is 0.275. The quantitative estimate of drug-likeness (QED) is 0.445. The molecule has 2 nitrogen and oxygen atoms in total. The Labute approximate surface area is 194 Å². The molecule has 2 fully saturated rings. The molecular weight excluding hydrogens is 400 g/mol. The number of hydrogen-bond donors (Lipinski definition) is 2. The van der Waals surface area contributed by atoms with E-state index >= 15 is 0 Å². The van der Waals surface area contributed by atoms with E-state index in [9.17, 15) is 10.2 Å². The molecule has 3 heteroatoms. The third-order valence-electron chi connectivity index (χ3n) is 7.41. The molecule has 0 aliphatic heterocycles. The van der Waals surface area contributed by atoms with Crippen LogP contribution in [-0.2, 0) is 0 Å². The van der Waals surface area contributed by atoms with Crippen LogP contribution in [0.4, 0.5) is 0 Å². The van der Waals surface area contributed by atoms with Crippen LogP contribution < -0.4 is 0 Å². The van der Waals surface area contributed by atoms with Crippen molar-refractivity contribution < 1.29 is 10.2 Å². The van der Waals surface area contributed by atoms with Crippen LogP contribution in [0.15, 0.2) is 58.6 Å². The van der Waals surface area contributed by atoms with Crippen LogP contribution in [-0.4, -0.2) is 27.2 Å². The molecule has 0 aromatic heterocycles. The molecule has 0 bridgehead atoms. The molecule has 0 aromatic carbocycles. The first kappa shape index (κ1) is 24.6. The lowest BCUT2D eigenvalue weighted by Crippen LogP contribution is -2.32. The summed E-state index contributed by atoms with van der Waals surface area (Å²) in [5.41, 5.74) is 5.22. The zero-order valence-corrected chi connectivity index (χ0v) is 21.0. The predicted molar refractivity (Wildman–Crippen MR) is 135 cm³/mol. The van der Waals surface area contributed by atoms with Gasteiger partial charge in [-0.2, -0.15) is 0 Å². The van der Waals surface area contributed by atoms with Crippen LogP contribution in [0.3, 0.4) is 0 Å². The van der Waals surface area contributed by atoms with E-state index in [1.807, 2.05) is 11.8 Å². The first-order chi connectivity index (χ1) is 14.5. The molecule has 3 rings (SSSR count). The molecule has 0 unspecified atom stereocenters. The Kier molecular flexibility index (Phi) is 7.82. The fourth-order valence-corrected chi connectivity index (χ4v) is 6.34. The Balaban J connectivity index is 1.71. The zero-order valence-electron chi connectivity index (χ0n) is 20.2. The van der Waals surface area contributed by atoms with E-state index in [0.29, 0.717) is 24.7 Å². The summed E-state index contributed by atoms with van der Waals surface area (Å²) >= 11 is 1.90. The van der Waals surface area contributed by atoms with Gasteiger partial charge >= 0.3 is 0 Å². The number of thioether (sulfide) groups is 1. The monoisotopic (exact) mass is 442 g/mol. The molecular formula is C28H42O2S. The molecule has 3 aliphatic carbocycles. The lowest BCUT2D eigenvalue weighted by molar-refractivity contribution is 0.0862. The van der Waals surface area contributed by atoms with Gasteiger partial charge in [0, 0.05) is 11.2 Å². The molecule has 0 saturated heterocycles. The highest BCUT2D eigenvalue weighted by Crippen LogP contribution is 2.57. The van der Waals surface area contributed by atoms with Crippen LogP contribution in [0.5, 0.6) is 0 Å². The molecule has 0 amide bonds. The SMILES string of the molecule is C=C1/C(=C\C=C2/CCC[C@]3(C)C([C@H](C)C/C=C/SC(C)(C)C)=CC[C@@H]23)C[C@@H](O)C[C@@H]1O. The van der Waals surface area contributed by atoms with Crippen molar-refractivity contribution in [3.63, 3.8) is 0 Å². The Bertz CT molecular complexity index is 794. The van der Waals surface area contributed by atoms with Gasteiger partial charge < -0.3 is 10.2 Å². The summed E-state index contributed by atoms with van der Waals surface area (Å²) in [6.07, 6.45) is 15.1. The molecule has 0 radical (unpaired) electrons. The number of hydrogen-bond acceptors (Lipinski definition) is 3. The average molecular weight is 443 g/mol. The van der Waals surface area contributed by atoms with Gasteiger partial charge in [-0.25, -0.2) is 0 Å². The average Bonchev–Trinajstić information content (AvgIpc) is 3.03. The van der Waals surface area contributed by atoms with E-state index in [1.54, 1.807) is 5.57 Å². The Hall–Kier alpha value is -1.03. The maximum atomic E-state index is 10.1. The number of aliphatic hydroxyl groups is 2. The molecule has 2 N–H and O–H groups in total. The molecule has 2 saturated carbocycles. The summed E-state index contributed by atoms with van der Waals surface area (Å²) in [6, 6.07) is 0. The van der Waals surface area contributed by atoms with E-state index in [0.717, 1.165) is 30.4 Å². The molecule has 3 aliphatic rings. The second-order valence-corrected chi connectivity index (χ2v) is 12.8. The topological polar surface area (TPSA) is 40.5 Å². The van der Waals surface area contributed by atoms with Crippen molar-refractivity contribution >= 4 is 11.8 Å². The minimum atomic E-state index is -0.616. The van der Waals surface area contributed by atoms with Crippen molar-refractivity contribution in [2.45, 2.75) is 96.5 Å². The van der Waals surface area contributed by atoms with E-state index in [1.165, 1.54) is 18.4 Å². The molecule has 31 heavy (non-hydrogen) atoms. The lowest BCUT2D eigenvalue weighted by atomic mass is 9.62.